The maximum Gasteiger partial charge on any atom is 0.255 e. The minimum absolute atomic E-state index is 0.266. The van der Waals surface area contributed by atoms with Crippen molar-refractivity contribution in [1.29, 1.82) is 0 Å². The van der Waals surface area contributed by atoms with Crippen LogP contribution in [0.15, 0.2) is 46.9 Å². The summed E-state index contributed by atoms with van der Waals surface area (Å²) >= 11 is 8.72. The van der Waals surface area contributed by atoms with Crippen LogP contribution in [0.4, 0.5) is 10.1 Å². The Balaban J connectivity index is 2.13. The van der Waals surface area contributed by atoms with Crippen LogP contribution in [0, 0.1) is 5.82 Å². The van der Waals surface area contributed by atoms with Crippen LogP contribution in [-0.2, 0) is 5.88 Å². The summed E-state index contributed by atoms with van der Waals surface area (Å²) in [6, 6.07) is 11.4. The molecule has 98 valence electrons. The van der Waals surface area contributed by atoms with Gasteiger partial charge in [-0.15, -0.1) is 11.6 Å². The first-order valence-electron chi connectivity index (χ1n) is 5.51. The van der Waals surface area contributed by atoms with Crippen molar-refractivity contribution in [3.63, 3.8) is 0 Å². The summed E-state index contributed by atoms with van der Waals surface area (Å²) in [6.45, 7) is 0. The van der Waals surface area contributed by atoms with Gasteiger partial charge in [-0.2, -0.15) is 0 Å². The summed E-state index contributed by atoms with van der Waals surface area (Å²) in [4.78, 5) is 11.9. The first-order chi connectivity index (χ1) is 9.10. The molecule has 0 heterocycles. The Morgan fingerprint density at radius 2 is 1.89 bits per heavy atom. The number of rotatable bonds is 3. The van der Waals surface area contributed by atoms with Gasteiger partial charge >= 0.3 is 0 Å². The van der Waals surface area contributed by atoms with Crippen molar-refractivity contribution >= 4 is 39.1 Å². The van der Waals surface area contributed by atoms with Crippen LogP contribution < -0.4 is 5.32 Å². The lowest BCUT2D eigenvalue weighted by atomic mass is 10.2. The van der Waals surface area contributed by atoms with Crippen molar-refractivity contribution in [2.45, 2.75) is 5.88 Å². The second-order valence-electron chi connectivity index (χ2n) is 3.91. The highest BCUT2D eigenvalue weighted by molar-refractivity contribution is 9.10. The molecule has 0 bridgehead atoms. The van der Waals surface area contributed by atoms with E-state index >= 15 is 0 Å². The molecule has 0 aliphatic rings. The molecule has 0 aromatic heterocycles. The van der Waals surface area contributed by atoms with Crippen molar-refractivity contribution in [3.8, 4) is 0 Å². The van der Waals surface area contributed by atoms with E-state index in [-0.39, 0.29) is 11.5 Å². The van der Waals surface area contributed by atoms with E-state index in [0.717, 1.165) is 5.56 Å². The van der Waals surface area contributed by atoms with E-state index in [2.05, 4.69) is 21.2 Å². The monoisotopic (exact) mass is 341 g/mol. The Bertz CT molecular complexity index is 601. The van der Waals surface area contributed by atoms with Crippen LogP contribution in [0.25, 0.3) is 0 Å². The second kappa shape index (κ2) is 6.17. The molecular weight excluding hydrogens is 333 g/mol. The Hall–Kier alpha value is -1.39. The fourth-order valence-corrected chi connectivity index (χ4v) is 1.94. The summed E-state index contributed by atoms with van der Waals surface area (Å²) in [5.74, 6) is -0.401. The molecular formula is C14H10BrClFNO. The van der Waals surface area contributed by atoms with Gasteiger partial charge in [-0.1, -0.05) is 12.1 Å². The van der Waals surface area contributed by atoms with Gasteiger partial charge in [0.25, 0.3) is 5.91 Å². The highest BCUT2D eigenvalue weighted by Gasteiger charge is 2.08. The molecule has 0 atom stereocenters. The normalized spacial score (nSPS) is 10.3. The first kappa shape index (κ1) is 14.0. The fraction of sp³-hybridized carbons (Fsp3) is 0.0714. The molecule has 0 radical (unpaired) electrons. The SMILES string of the molecule is O=C(Nc1ccc(CCl)cc1)c1ccc(Br)c(F)c1. The Kier molecular flexibility index (Phi) is 4.56. The lowest BCUT2D eigenvalue weighted by molar-refractivity contribution is 0.102. The van der Waals surface area contributed by atoms with E-state index in [1.54, 1.807) is 18.2 Å². The maximum absolute atomic E-state index is 13.3. The number of nitrogens with one attached hydrogen (secondary N) is 1. The molecule has 19 heavy (non-hydrogen) atoms. The van der Waals surface area contributed by atoms with Crippen LogP contribution in [0.2, 0.25) is 0 Å². The van der Waals surface area contributed by atoms with E-state index in [9.17, 15) is 9.18 Å². The third kappa shape index (κ3) is 3.55. The number of carbonyl (C=O) groups excluding carboxylic acids is 1. The minimum atomic E-state index is -0.467. The lowest BCUT2D eigenvalue weighted by Crippen LogP contribution is -2.12. The summed E-state index contributed by atoms with van der Waals surface area (Å²) in [5.41, 5.74) is 1.87. The largest absolute Gasteiger partial charge is 0.322 e. The van der Waals surface area contributed by atoms with E-state index in [1.165, 1.54) is 12.1 Å². The third-order valence-corrected chi connectivity index (χ3v) is 3.50. The van der Waals surface area contributed by atoms with Crippen molar-refractivity contribution in [2.24, 2.45) is 0 Å². The number of alkyl halides is 1. The van der Waals surface area contributed by atoms with Crippen molar-refractivity contribution in [3.05, 3.63) is 63.9 Å². The summed E-state index contributed by atoms with van der Waals surface area (Å²) in [5, 5.41) is 2.69. The first-order valence-corrected chi connectivity index (χ1v) is 6.84. The molecule has 2 rings (SSSR count). The van der Waals surface area contributed by atoms with Crippen LogP contribution in [0.3, 0.4) is 0 Å². The molecule has 0 spiro atoms. The number of halogens is 3. The van der Waals surface area contributed by atoms with Gasteiger partial charge in [0.2, 0.25) is 0 Å². The fourth-order valence-electron chi connectivity index (χ4n) is 1.52. The van der Waals surface area contributed by atoms with E-state index in [0.29, 0.717) is 16.0 Å². The van der Waals surface area contributed by atoms with Gasteiger partial charge in [-0.05, 0) is 51.8 Å². The van der Waals surface area contributed by atoms with E-state index in [1.807, 2.05) is 12.1 Å². The van der Waals surface area contributed by atoms with Gasteiger partial charge in [0, 0.05) is 17.1 Å². The molecule has 1 N–H and O–H groups in total. The van der Waals surface area contributed by atoms with Gasteiger partial charge in [-0.3, -0.25) is 4.79 Å². The van der Waals surface area contributed by atoms with Crippen molar-refractivity contribution < 1.29 is 9.18 Å². The van der Waals surface area contributed by atoms with Gasteiger partial charge in [-0.25, -0.2) is 4.39 Å². The predicted octanol–water partition coefficient (Wildman–Crippen LogP) is 4.58. The molecule has 0 aliphatic carbocycles. The molecule has 5 heteroatoms. The minimum Gasteiger partial charge on any atom is -0.322 e. The number of benzene rings is 2. The predicted molar refractivity (Wildman–Crippen MR) is 78.1 cm³/mol. The Morgan fingerprint density at radius 1 is 1.21 bits per heavy atom. The highest BCUT2D eigenvalue weighted by atomic mass is 79.9. The quantitative estimate of drug-likeness (QED) is 0.813. The molecule has 0 saturated heterocycles. The molecule has 0 fully saturated rings. The van der Waals surface area contributed by atoms with Gasteiger partial charge in [0.1, 0.15) is 5.82 Å². The average Bonchev–Trinajstić information content (AvgIpc) is 2.42. The summed E-state index contributed by atoms with van der Waals surface area (Å²) in [7, 11) is 0. The zero-order chi connectivity index (χ0) is 13.8. The molecule has 0 aliphatic heterocycles. The molecule has 0 saturated carbocycles. The van der Waals surface area contributed by atoms with Gasteiger partial charge in [0.05, 0.1) is 4.47 Å². The standard InChI is InChI=1S/C14H10BrClFNO/c15-12-6-3-10(7-13(12)17)14(19)18-11-4-1-9(8-16)2-5-11/h1-7H,8H2,(H,18,19). The molecule has 0 unspecified atom stereocenters. The summed E-state index contributed by atoms with van der Waals surface area (Å²) in [6.07, 6.45) is 0. The summed E-state index contributed by atoms with van der Waals surface area (Å²) < 4.78 is 13.7. The Morgan fingerprint density at radius 3 is 2.47 bits per heavy atom. The number of hydrogen-bond donors (Lipinski definition) is 1. The van der Waals surface area contributed by atoms with Crippen LogP contribution in [0.1, 0.15) is 15.9 Å². The third-order valence-electron chi connectivity index (χ3n) is 2.55. The van der Waals surface area contributed by atoms with Crippen LogP contribution >= 0.6 is 27.5 Å². The lowest BCUT2D eigenvalue weighted by Gasteiger charge is -2.06. The number of amides is 1. The van der Waals surface area contributed by atoms with Gasteiger partial charge in [0.15, 0.2) is 0 Å². The number of anilines is 1. The zero-order valence-corrected chi connectivity index (χ0v) is 12.1. The topological polar surface area (TPSA) is 29.1 Å². The van der Waals surface area contributed by atoms with Crippen molar-refractivity contribution in [1.82, 2.24) is 0 Å². The molecule has 2 aromatic rings. The molecule has 2 aromatic carbocycles. The van der Waals surface area contributed by atoms with Gasteiger partial charge < -0.3 is 5.32 Å². The highest BCUT2D eigenvalue weighted by Crippen LogP contribution is 2.18. The number of carbonyl (C=O) groups is 1. The van der Waals surface area contributed by atoms with Crippen LogP contribution in [0.5, 0.6) is 0 Å². The van der Waals surface area contributed by atoms with E-state index in [4.69, 9.17) is 11.6 Å². The second-order valence-corrected chi connectivity index (χ2v) is 5.04. The number of hydrogen-bond acceptors (Lipinski definition) is 1. The Labute approximate surface area is 123 Å². The smallest absolute Gasteiger partial charge is 0.255 e. The van der Waals surface area contributed by atoms with E-state index < -0.39 is 5.82 Å². The molecule has 1 amide bonds. The van der Waals surface area contributed by atoms with Crippen molar-refractivity contribution in [2.75, 3.05) is 5.32 Å². The average molecular weight is 343 g/mol. The zero-order valence-electron chi connectivity index (χ0n) is 9.79. The molecule has 2 nitrogen and oxygen atoms in total. The van der Waals surface area contributed by atoms with Crippen LogP contribution in [-0.4, -0.2) is 5.91 Å². The maximum atomic E-state index is 13.3.